The molecule has 174 valence electrons. The molecule has 0 aromatic heterocycles. The SMILES string of the molecule is CCCCCCOc1ccc(-c2ccc(C3=CCC(CCCC)CC3)c(F)c2)c(Cl)c1F. The summed E-state index contributed by atoms with van der Waals surface area (Å²) in [4.78, 5) is 0. The fraction of sp³-hybridized carbons (Fsp3) is 0.500. The number of hydrogen-bond acceptors (Lipinski definition) is 1. The van der Waals surface area contributed by atoms with Gasteiger partial charge in [0.25, 0.3) is 0 Å². The number of hydrogen-bond donors (Lipinski definition) is 0. The smallest absolute Gasteiger partial charge is 0.184 e. The standard InChI is InChI=1S/C28H35ClF2O/c1-3-5-7-8-18-32-26-17-16-24(27(29)28(26)31)22-14-15-23(25(30)19-22)21-12-10-20(11-13-21)9-6-4-2/h12,14-17,19-20H,3-11,13,18H2,1-2H3. The van der Waals surface area contributed by atoms with E-state index in [4.69, 9.17) is 16.3 Å². The highest BCUT2D eigenvalue weighted by atomic mass is 35.5. The van der Waals surface area contributed by atoms with Crippen LogP contribution in [-0.4, -0.2) is 6.61 Å². The third kappa shape index (κ3) is 6.34. The molecule has 0 heterocycles. The van der Waals surface area contributed by atoms with Crippen molar-refractivity contribution in [3.63, 3.8) is 0 Å². The van der Waals surface area contributed by atoms with Crippen molar-refractivity contribution < 1.29 is 13.5 Å². The summed E-state index contributed by atoms with van der Waals surface area (Å²) in [5, 5.41) is -0.0288. The van der Waals surface area contributed by atoms with E-state index in [0.717, 1.165) is 56.4 Å². The molecule has 1 nitrogen and oxygen atoms in total. The molecule has 1 aliphatic rings. The first kappa shape index (κ1) is 24.8. The van der Waals surface area contributed by atoms with Crippen LogP contribution in [0.3, 0.4) is 0 Å². The lowest BCUT2D eigenvalue weighted by molar-refractivity contribution is 0.290. The van der Waals surface area contributed by atoms with Crippen molar-refractivity contribution >= 4 is 17.2 Å². The Hall–Kier alpha value is -1.87. The summed E-state index contributed by atoms with van der Waals surface area (Å²) in [6.45, 7) is 4.82. The number of benzene rings is 2. The quantitative estimate of drug-likeness (QED) is 0.303. The lowest BCUT2D eigenvalue weighted by atomic mass is 9.83. The van der Waals surface area contributed by atoms with Crippen molar-refractivity contribution in [1.29, 1.82) is 0 Å². The van der Waals surface area contributed by atoms with Gasteiger partial charge in [-0.1, -0.05) is 82.2 Å². The Bertz CT molecular complexity index is 922. The molecule has 0 saturated heterocycles. The third-order valence-electron chi connectivity index (χ3n) is 6.41. The lowest BCUT2D eigenvalue weighted by Gasteiger charge is -2.22. The molecule has 0 fully saturated rings. The summed E-state index contributed by atoms with van der Waals surface area (Å²) in [6.07, 6.45) is 13.2. The second-order valence-corrected chi connectivity index (χ2v) is 9.23. The first-order valence-electron chi connectivity index (χ1n) is 12.1. The lowest BCUT2D eigenvalue weighted by Crippen LogP contribution is -2.06. The molecule has 32 heavy (non-hydrogen) atoms. The minimum Gasteiger partial charge on any atom is -0.490 e. The molecule has 2 aromatic rings. The highest BCUT2D eigenvalue weighted by Gasteiger charge is 2.19. The molecule has 0 aliphatic heterocycles. The van der Waals surface area contributed by atoms with E-state index in [1.165, 1.54) is 25.3 Å². The average Bonchev–Trinajstić information content (AvgIpc) is 2.80. The highest BCUT2D eigenvalue weighted by Crippen LogP contribution is 2.38. The largest absolute Gasteiger partial charge is 0.490 e. The molecule has 4 heteroatoms. The van der Waals surface area contributed by atoms with E-state index in [0.29, 0.717) is 23.3 Å². The van der Waals surface area contributed by atoms with Crippen molar-refractivity contribution in [3.05, 3.63) is 58.6 Å². The molecular formula is C28H35ClF2O. The van der Waals surface area contributed by atoms with Crippen LogP contribution < -0.4 is 4.74 Å². The number of halogens is 3. The molecule has 3 rings (SSSR count). The summed E-state index contributed by atoms with van der Waals surface area (Å²) in [5.41, 5.74) is 2.77. The van der Waals surface area contributed by atoms with Gasteiger partial charge in [0.05, 0.1) is 11.6 Å². The molecule has 2 aromatic carbocycles. The first-order valence-corrected chi connectivity index (χ1v) is 12.5. The fourth-order valence-electron chi connectivity index (χ4n) is 4.41. The number of allylic oxidation sites excluding steroid dienone is 2. The van der Waals surface area contributed by atoms with Crippen LogP contribution in [0.4, 0.5) is 8.78 Å². The minimum absolute atomic E-state index is 0.0288. The van der Waals surface area contributed by atoms with Crippen molar-refractivity contribution in [3.8, 4) is 16.9 Å². The molecule has 0 spiro atoms. The number of rotatable bonds is 11. The van der Waals surface area contributed by atoms with E-state index in [1.807, 2.05) is 6.07 Å². The molecule has 1 atom stereocenters. The number of ether oxygens (including phenoxy) is 1. The van der Waals surface area contributed by atoms with Gasteiger partial charge in [-0.25, -0.2) is 8.78 Å². The highest BCUT2D eigenvalue weighted by molar-refractivity contribution is 6.33. The average molecular weight is 461 g/mol. The van der Waals surface area contributed by atoms with E-state index < -0.39 is 5.82 Å². The Morgan fingerprint density at radius 3 is 2.44 bits per heavy atom. The van der Waals surface area contributed by atoms with Crippen LogP contribution in [-0.2, 0) is 0 Å². The van der Waals surface area contributed by atoms with Gasteiger partial charge in [0.2, 0.25) is 0 Å². The molecule has 1 unspecified atom stereocenters. The van der Waals surface area contributed by atoms with E-state index in [-0.39, 0.29) is 16.6 Å². The zero-order chi connectivity index (χ0) is 22.9. The van der Waals surface area contributed by atoms with Gasteiger partial charge >= 0.3 is 0 Å². The maximum absolute atomic E-state index is 15.0. The predicted octanol–water partition coefficient (Wildman–Crippen LogP) is 9.62. The maximum atomic E-state index is 15.0. The minimum atomic E-state index is -0.586. The van der Waals surface area contributed by atoms with Crippen LogP contribution in [0.2, 0.25) is 5.02 Å². The van der Waals surface area contributed by atoms with Crippen molar-refractivity contribution in [1.82, 2.24) is 0 Å². The molecule has 0 N–H and O–H groups in total. The van der Waals surface area contributed by atoms with Crippen molar-refractivity contribution in [2.24, 2.45) is 5.92 Å². The van der Waals surface area contributed by atoms with Crippen molar-refractivity contribution in [2.45, 2.75) is 78.1 Å². The van der Waals surface area contributed by atoms with Gasteiger partial charge < -0.3 is 4.74 Å². The van der Waals surface area contributed by atoms with Gasteiger partial charge in [0.1, 0.15) is 5.82 Å². The Morgan fingerprint density at radius 2 is 1.75 bits per heavy atom. The summed E-state index contributed by atoms with van der Waals surface area (Å²) < 4.78 is 35.3. The van der Waals surface area contributed by atoms with Crippen LogP contribution in [0.25, 0.3) is 16.7 Å². The second kappa shape index (κ2) is 12.4. The summed E-state index contributed by atoms with van der Waals surface area (Å²) in [7, 11) is 0. The second-order valence-electron chi connectivity index (χ2n) is 8.85. The Balaban J connectivity index is 1.70. The summed E-state index contributed by atoms with van der Waals surface area (Å²) in [6, 6.07) is 8.39. The Morgan fingerprint density at radius 1 is 0.969 bits per heavy atom. The molecule has 0 radical (unpaired) electrons. The number of unbranched alkanes of at least 4 members (excludes halogenated alkanes) is 4. The fourth-order valence-corrected chi connectivity index (χ4v) is 4.67. The van der Waals surface area contributed by atoms with E-state index in [1.54, 1.807) is 18.2 Å². The van der Waals surface area contributed by atoms with Gasteiger partial charge in [-0.2, -0.15) is 0 Å². The van der Waals surface area contributed by atoms with Crippen LogP contribution >= 0.6 is 11.6 Å². The van der Waals surface area contributed by atoms with Crippen molar-refractivity contribution in [2.75, 3.05) is 6.61 Å². The van der Waals surface area contributed by atoms with Gasteiger partial charge in [0, 0.05) is 11.1 Å². The molecular weight excluding hydrogens is 426 g/mol. The summed E-state index contributed by atoms with van der Waals surface area (Å²) in [5.74, 6) is -0.00161. The predicted molar refractivity (Wildman–Crippen MR) is 131 cm³/mol. The van der Waals surface area contributed by atoms with Gasteiger partial charge in [-0.05, 0) is 60.9 Å². The van der Waals surface area contributed by atoms with Crippen LogP contribution in [0.5, 0.6) is 5.75 Å². The van der Waals surface area contributed by atoms with Gasteiger partial charge in [-0.3, -0.25) is 0 Å². The van der Waals surface area contributed by atoms with Gasteiger partial charge in [-0.15, -0.1) is 0 Å². The van der Waals surface area contributed by atoms with Crippen LogP contribution in [0, 0.1) is 17.6 Å². The normalized spacial score (nSPS) is 16.2. The Kier molecular flexibility index (Phi) is 9.59. The van der Waals surface area contributed by atoms with E-state index >= 15 is 0 Å². The monoisotopic (exact) mass is 460 g/mol. The summed E-state index contributed by atoms with van der Waals surface area (Å²) >= 11 is 6.31. The molecule has 0 amide bonds. The van der Waals surface area contributed by atoms with E-state index in [9.17, 15) is 8.78 Å². The first-order chi connectivity index (χ1) is 15.5. The molecule has 0 saturated carbocycles. The third-order valence-corrected chi connectivity index (χ3v) is 6.78. The van der Waals surface area contributed by atoms with E-state index in [2.05, 4.69) is 19.9 Å². The van der Waals surface area contributed by atoms with Crippen LogP contribution in [0.1, 0.15) is 83.6 Å². The molecule has 0 bridgehead atoms. The zero-order valence-corrected chi connectivity index (χ0v) is 20.1. The Labute approximate surface area is 196 Å². The van der Waals surface area contributed by atoms with Gasteiger partial charge in [0.15, 0.2) is 11.6 Å². The zero-order valence-electron chi connectivity index (χ0n) is 19.4. The maximum Gasteiger partial charge on any atom is 0.184 e. The molecule has 1 aliphatic carbocycles. The topological polar surface area (TPSA) is 9.23 Å². The van der Waals surface area contributed by atoms with Crippen LogP contribution in [0.15, 0.2) is 36.4 Å².